The van der Waals surface area contributed by atoms with E-state index in [1.54, 1.807) is 0 Å². The molecule has 0 aliphatic rings. The Morgan fingerprint density at radius 1 is 0.889 bits per heavy atom. The third-order valence-corrected chi connectivity index (χ3v) is 2.51. The van der Waals surface area contributed by atoms with Crippen LogP contribution in [0, 0.1) is 0 Å². The largest absolute Gasteiger partial charge is 0.508 e. The van der Waals surface area contributed by atoms with Gasteiger partial charge in [0.25, 0.3) is 6.29 Å². The molecular formula is C12H22O6. The summed E-state index contributed by atoms with van der Waals surface area (Å²) in [4.78, 5) is 20.6. The second-order valence-corrected chi connectivity index (χ2v) is 4.11. The van der Waals surface area contributed by atoms with Crippen LogP contribution in [0.4, 0.5) is 9.59 Å². The molecule has 0 heterocycles. The van der Waals surface area contributed by atoms with Gasteiger partial charge in [0.1, 0.15) is 0 Å². The molecule has 0 radical (unpaired) electrons. The molecule has 0 aromatic carbocycles. The molecule has 2 N–H and O–H groups in total. The topological polar surface area (TPSA) is 93.1 Å². The zero-order valence-corrected chi connectivity index (χ0v) is 10.8. The highest BCUT2D eigenvalue weighted by molar-refractivity contribution is 5.59. The average Bonchev–Trinajstić information content (AvgIpc) is 2.26. The summed E-state index contributed by atoms with van der Waals surface area (Å²) >= 11 is 0. The third kappa shape index (κ3) is 11.0. The second-order valence-electron chi connectivity index (χ2n) is 4.11. The maximum Gasteiger partial charge on any atom is 0.508 e. The first-order valence-corrected chi connectivity index (χ1v) is 6.35. The maximum atomic E-state index is 10.3. The van der Waals surface area contributed by atoms with Crippen molar-refractivity contribution in [3.8, 4) is 0 Å². The molecule has 106 valence electrons. The van der Waals surface area contributed by atoms with Gasteiger partial charge in [-0.1, -0.05) is 45.4 Å². The van der Waals surface area contributed by atoms with Crippen molar-refractivity contribution < 1.29 is 29.3 Å². The van der Waals surface area contributed by atoms with Crippen molar-refractivity contribution in [3.05, 3.63) is 0 Å². The van der Waals surface area contributed by atoms with Gasteiger partial charge in [-0.05, 0) is 6.42 Å². The number of rotatable bonds is 10. The van der Waals surface area contributed by atoms with Crippen LogP contribution in [0.15, 0.2) is 0 Å². The molecule has 0 bridgehead atoms. The van der Waals surface area contributed by atoms with E-state index in [0.29, 0.717) is 6.42 Å². The molecule has 0 aliphatic carbocycles. The summed E-state index contributed by atoms with van der Waals surface area (Å²) in [5.41, 5.74) is 0. The molecule has 6 nitrogen and oxygen atoms in total. The van der Waals surface area contributed by atoms with E-state index in [0.717, 1.165) is 19.3 Å². The van der Waals surface area contributed by atoms with E-state index >= 15 is 0 Å². The Balaban J connectivity index is 3.62. The maximum absolute atomic E-state index is 10.3. The fourth-order valence-electron chi connectivity index (χ4n) is 1.63. The second kappa shape index (κ2) is 10.7. The summed E-state index contributed by atoms with van der Waals surface area (Å²) in [6.45, 7) is 2.15. The van der Waals surface area contributed by atoms with Gasteiger partial charge in [-0.3, -0.25) is 0 Å². The first-order chi connectivity index (χ1) is 8.56. The van der Waals surface area contributed by atoms with E-state index in [-0.39, 0.29) is 6.42 Å². The van der Waals surface area contributed by atoms with E-state index in [4.69, 9.17) is 10.2 Å². The standard InChI is InChI=1S/C12H22O6/c1-2-3-4-5-6-7-8-9-10(17-11(13)14)18-12(15)16/h10H,2-9H2,1H3,(H,13,14)(H,15,16). The lowest BCUT2D eigenvalue weighted by Crippen LogP contribution is -2.23. The van der Waals surface area contributed by atoms with Crippen LogP contribution >= 0.6 is 0 Å². The van der Waals surface area contributed by atoms with Crippen LogP contribution in [0.5, 0.6) is 0 Å². The van der Waals surface area contributed by atoms with Gasteiger partial charge in [0.15, 0.2) is 0 Å². The Morgan fingerprint density at radius 2 is 1.33 bits per heavy atom. The molecule has 0 saturated carbocycles. The summed E-state index contributed by atoms with van der Waals surface area (Å²) in [6.07, 6.45) is 3.47. The Morgan fingerprint density at radius 3 is 1.78 bits per heavy atom. The van der Waals surface area contributed by atoms with Gasteiger partial charge in [-0.25, -0.2) is 9.59 Å². The Labute approximate surface area is 107 Å². The summed E-state index contributed by atoms with van der Waals surface area (Å²) in [6, 6.07) is 0. The lowest BCUT2D eigenvalue weighted by molar-refractivity contribution is -0.0950. The number of carboxylic acid groups (broad SMARTS) is 2. The highest BCUT2D eigenvalue weighted by Gasteiger charge is 2.17. The van der Waals surface area contributed by atoms with Gasteiger partial charge in [0.05, 0.1) is 0 Å². The van der Waals surface area contributed by atoms with Gasteiger partial charge in [-0.15, -0.1) is 0 Å². The first-order valence-electron chi connectivity index (χ1n) is 6.35. The SMILES string of the molecule is CCCCCCCCCC(OC(=O)O)OC(=O)O. The van der Waals surface area contributed by atoms with Gasteiger partial charge < -0.3 is 19.7 Å². The molecule has 0 saturated heterocycles. The molecule has 0 aromatic heterocycles. The zero-order valence-electron chi connectivity index (χ0n) is 10.8. The fraction of sp³-hybridized carbons (Fsp3) is 0.833. The molecular weight excluding hydrogens is 240 g/mol. The van der Waals surface area contributed by atoms with Crippen LogP contribution in [0.2, 0.25) is 0 Å². The normalized spacial score (nSPS) is 10.3. The average molecular weight is 262 g/mol. The highest BCUT2D eigenvalue weighted by atomic mass is 16.8. The highest BCUT2D eigenvalue weighted by Crippen LogP contribution is 2.12. The van der Waals surface area contributed by atoms with Crippen LogP contribution in [0.3, 0.4) is 0 Å². The lowest BCUT2D eigenvalue weighted by atomic mass is 10.1. The van der Waals surface area contributed by atoms with Crippen LogP contribution in [-0.4, -0.2) is 28.8 Å². The minimum Gasteiger partial charge on any atom is -0.450 e. The molecule has 0 fully saturated rings. The molecule has 6 heteroatoms. The molecule has 0 amide bonds. The molecule has 0 atom stereocenters. The van der Waals surface area contributed by atoms with Crippen LogP contribution in [0.1, 0.15) is 58.3 Å². The predicted molar refractivity (Wildman–Crippen MR) is 64.6 cm³/mol. The molecule has 0 unspecified atom stereocenters. The fourth-order valence-corrected chi connectivity index (χ4v) is 1.63. The minimum absolute atomic E-state index is 0.270. The van der Waals surface area contributed by atoms with E-state index < -0.39 is 18.6 Å². The Hall–Kier alpha value is -1.46. The van der Waals surface area contributed by atoms with Crippen LogP contribution in [-0.2, 0) is 9.47 Å². The van der Waals surface area contributed by atoms with Crippen molar-refractivity contribution in [2.24, 2.45) is 0 Å². The molecule has 0 spiro atoms. The molecule has 0 rings (SSSR count). The molecule has 0 aliphatic heterocycles. The molecule has 0 aromatic rings. The quantitative estimate of drug-likeness (QED) is 0.353. The number of hydrogen-bond acceptors (Lipinski definition) is 4. The van der Waals surface area contributed by atoms with Crippen molar-refractivity contribution in [2.45, 2.75) is 64.6 Å². The van der Waals surface area contributed by atoms with E-state index in [1.807, 2.05) is 0 Å². The van der Waals surface area contributed by atoms with Crippen LogP contribution < -0.4 is 0 Å². The van der Waals surface area contributed by atoms with E-state index in [9.17, 15) is 9.59 Å². The van der Waals surface area contributed by atoms with E-state index in [1.165, 1.54) is 19.3 Å². The third-order valence-electron chi connectivity index (χ3n) is 2.51. The van der Waals surface area contributed by atoms with Crippen molar-refractivity contribution in [1.82, 2.24) is 0 Å². The van der Waals surface area contributed by atoms with Crippen LogP contribution in [0.25, 0.3) is 0 Å². The predicted octanol–water partition coefficient (Wildman–Crippen LogP) is 3.84. The minimum atomic E-state index is -1.52. The Bertz CT molecular complexity index is 225. The Kier molecular flexibility index (Phi) is 9.81. The van der Waals surface area contributed by atoms with Crippen molar-refractivity contribution in [1.29, 1.82) is 0 Å². The lowest BCUT2D eigenvalue weighted by Gasteiger charge is -2.14. The summed E-state index contributed by atoms with van der Waals surface area (Å²) in [5, 5.41) is 16.8. The van der Waals surface area contributed by atoms with E-state index in [2.05, 4.69) is 16.4 Å². The number of hydrogen-bond donors (Lipinski definition) is 2. The van der Waals surface area contributed by atoms with Gasteiger partial charge >= 0.3 is 12.3 Å². The van der Waals surface area contributed by atoms with Crippen molar-refractivity contribution in [3.63, 3.8) is 0 Å². The monoisotopic (exact) mass is 262 g/mol. The van der Waals surface area contributed by atoms with Crippen molar-refractivity contribution >= 4 is 12.3 Å². The van der Waals surface area contributed by atoms with Gasteiger partial charge in [-0.2, -0.15) is 0 Å². The smallest absolute Gasteiger partial charge is 0.450 e. The van der Waals surface area contributed by atoms with Gasteiger partial charge in [0, 0.05) is 6.42 Å². The number of carbonyl (C=O) groups is 2. The first kappa shape index (κ1) is 16.5. The number of ether oxygens (including phenoxy) is 2. The molecule has 18 heavy (non-hydrogen) atoms. The summed E-state index contributed by atoms with van der Waals surface area (Å²) in [7, 11) is 0. The summed E-state index contributed by atoms with van der Waals surface area (Å²) in [5.74, 6) is 0. The zero-order chi connectivity index (χ0) is 13.8. The van der Waals surface area contributed by atoms with Gasteiger partial charge in [0.2, 0.25) is 0 Å². The van der Waals surface area contributed by atoms with Crippen molar-refractivity contribution in [2.75, 3.05) is 0 Å². The summed E-state index contributed by atoms with van der Waals surface area (Å²) < 4.78 is 8.64. The number of unbranched alkanes of at least 4 members (excludes halogenated alkanes) is 6.